The molecule has 0 aromatic heterocycles. The predicted octanol–water partition coefficient (Wildman–Crippen LogP) is 2.58. The van der Waals surface area contributed by atoms with Crippen LogP contribution in [0.3, 0.4) is 0 Å². The third kappa shape index (κ3) is 2.24. The van der Waals surface area contributed by atoms with E-state index in [9.17, 15) is 13.2 Å². The Labute approximate surface area is 97.8 Å². The van der Waals surface area contributed by atoms with Crippen LogP contribution >= 0.6 is 0 Å². The Morgan fingerprint density at radius 3 is 2.65 bits per heavy atom. The summed E-state index contributed by atoms with van der Waals surface area (Å²) in [4.78, 5) is 0. The molecular formula is C12H14F3NO. The zero-order valence-corrected chi connectivity index (χ0v) is 9.53. The first-order valence-electron chi connectivity index (χ1n) is 5.57. The van der Waals surface area contributed by atoms with Crippen LogP contribution in [-0.4, -0.2) is 20.2 Å². The molecule has 17 heavy (non-hydrogen) atoms. The van der Waals surface area contributed by atoms with Gasteiger partial charge < -0.3 is 10.1 Å². The molecule has 0 saturated carbocycles. The maximum atomic E-state index is 13.5. The Hall–Kier alpha value is -1.23. The monoisotopic (exact) mass is 245 g/mol. The van der Waals surface area contributed by atoms with Crippen molar-refractivity contribution < 1.29 is 17.9 Å². The van der Waals surface area contributed by atoms with Gasteiger partial charge in [0.2, 0.25) is 5.82 Å². The molecule has 0 amide bonds. The summed E-state index contributed by atoms with van der Waals surface area (Å²) in [5.74, 6) is -4.10. The predicted molar refractivity (Wildman–Crippen MR) is 57.7 cm³/mol. The van der Waals surface area contributed by atoms with Crippen LogP contribution in [0.4, 0.5) is 13.2 Å². The molecule has 1 aliphatic heterocycles. The zero-order chi connectivity index (χ0) is 12.4. The quantitative estimate of drug-likeness (QED) is 0.808. The Morgan fingerprint density at radius 2 is 2.06 bits per heavy atom. The molecule has 1 aromatic carbocycles. The minimum absolute atomic E-state index is 0.0386. The van der Waals surface area contributed by atoms with Crippen molar-refractivity contribution in [1.82, 2.24) is 5.32 Å². The highest BCUT2D eigenvalue weighted by molar-refractivity contribution is 5.39. The second-order valence-electron chi connectivity index (χ2n) is 4.15. The molecule has 1 aromatic rings. The lowest BCUT2D eigenvalue weighted by molar-refractivity contribution is 0.345. The molecule has 1 heterocycles. The fourth-order valence-corrected chi connectivity index (χ4v) is 2.22. The van der Waals surface area contributed by atoms with Crippen LogP contribution in [-0.2, 0) is 0 Å². The first-order chi connectivity index (χ1) is 8.15. The Kier molecular flexibility index (Phi) is 3.57. The number of hydrogen-bond donors (Lipinski definition) is 1. The van der Waals surface area contributed by atoms with Gasteiger partial charge in [-0.05, 0) is 25.5 Å². The van der Waals surface area contributed by atoms with Crippen molar-refractivity contribution in [2.45, 2.75) is 18.8 Å². The summed E-state index contributed by atoms with van der Waals surface area (Å²) >= 11 is 0. The van der Waals surface area contributed by atoms with Gasteiger partial charge in [0.25, 0.3) is 0 Å². The largest absolute Gasteiger partial charge is 0.493 e. The first-order valence-corrected chi connectivity index (χ1v) is 5.57. The Bertz CT molecular complexity index is 417. The Balaban J connectivity index is 2.44. The lowest BCUT2D eigenvalue weighted by Gasteiger charge is -2.25. The second kappa shape index (κ2) is 4.96. The number of hydrogen-bond acceptors (Lipinski definition) is 2. The highest BCUT2D eigenvalue weighted by Gasteiger charge is 2.25. The lowest BCUT2D eigenvalue weighted by atomic mass is 9.90. The summed E-state index contributed by atoms with van der Waals surface area (Å²) in [7, 11) is 1.26. The van der Waals surface area contributed by atoms with Crippen LogP contribution in [0.1, 0.15) is 24.3 Å². The van der Waals surface area contributed by atoms with E-state index in [4.69, 9.17) is 4.74 Å². The first kappa shape index (κ1) is 12.2. The van der Waals surface area contributed by atoms with E-state index < -0.39 is 17.5 Å². The van der Waals surface area contributed by atoms with Crippen molar-refractivity contribution in [1.29, 1.82) is 0 Å². The van der Waals surface area contributed by atoms with E-state index in [1.54, 1.807) is 0 Å². The molecule has 2 rings (SSSR count). The van der Waals surface area contributed by atoms with Gasteiger partial charge in [-0.15, -0.1) is 0 Å². The molecule has 1 saturated heterocycles. The molecule has 0 radical (unpaired) electrons. The molecule has 1 aliphatic rings. The van der Waals surface area contributed by atoms with E-state index >= 15 is 0 Å². The molecule has 2 nitrogen and oxygen atoms in total. The highest BCUT2D eigenvalue weighted by atomic mass is 19.2. The summed E-state index contributed by atoms with van der Waals surface area (Å²) in [6.07, 6.45) is 1.74. The van der Waals surface area contributed by atoms with Gasteiger partial charge in [-0.1, -0.05) is 0 Å². The van der Waals surface area contributed by atoms with E-state index in [0.717, 1.165) is 25.5 Å². The van der Waals surface area contributed by atoms with E-state index in [2.05, 4.69) is 5.32 Å². The maximum Gasteiger partial charge on any atom is 0.203 e. The standard InChI is InChI=1S/C12H14F3NO/c1-17-12-8(7-3-2-4-16-6-7)5-9(13)10(14)11(12)15/h5,7,16H,2-4,6H2,1H3. The van der Waals surface area contributed by atoms with E-state index in [1.807, 2.05) is 0 Å². The fraction of sp³-hybridized carbons (Fsp3) is 0.500. The van der Waals surface area contributed by atoms with Crippen LogP contribution in [0.5, 0.6) is 5.75 Å². The SMILES string of the molecule is COc1c(C2CCCNC2)cc(F)c(F)c1F. The lowest BCUT2D eigenvalue weighted by Crippen LogP contribution is -2.28. The fourth-order valence-electron chi connectivity index (χ4n) is 2.22. The average Bonchev–Trinajstić information content (AvgIpc) is 2.36. The molecule has 1 N–H and O–H groups in total. The summed E-state index contributed by atoms with van der Waals surface area (Å²) in [6, 6.07) is 1.04. The van der Waals surface area contributed by atoms with Gasteiger partial charge in [-0.3, -0.25) is 0 Å². The second-order valence-corrected chi connectivity index (χ2v) is 4.15. The molecule has 94 valence electrons. The van der Waals surface area contributed by atoms with Crippen molar-refractivity contribution in [3.05, 3.63) is 29.1 Å². The van der Waals surface area contributed by atoms with Crippen molar-refractivity contribution in [2.75, 3.05) is 20.2 Å². The van der Waals surface area contributed by atoms with Crippen LogP contribution < -0.4 is 10.1 Å². The molecule has 0 aliphatic carbocycles. The molecule has 5 heteroatoms. The zero-order valence-electron chi connectivity index (χ0n) is 9.53. The number of nitrogens with one attached hydrogen (secondary N) is 1. The van der Waals surface area contributed by atoms with E-state index in [-0.39, 0.29) is 11.7 Å². The van der Waals surface area contributed by atoms with Crippen molar-refractivity contribution in [3.8, 4) is 5.75 Å². The summed E-state index contributed by atoms with van der Waals surface area (Å²) in [5, 5.41) is 3.14. The normalized spacial score (nSPS) is 20.4. The summed E-state index contributed by atoms with van der Waals surface area (Å²) < 4.78 is 44.7. The Morgan fingerprint density at radius 1 is 1.29 bits per heavy atom. The molecule has 1 atom stereocenters. The summed E-state index contributed by atoms with van der Waals surface area (Å²) in [6.45, 7) is 1.52. The molecule has 1 fully saturated rings. The van der Waals surface area contributed by atoms with Gasteiger partial charge >= 0.3 is 0 Å². The number of piperidine rings is 1. The van der Waals surface area contributed by atoms with E-state index in [0.29, 0.717) is 12.1 Å². The number of ether oxygens (including phenoxy) is 1. The van der Waals surface area contributed by atoms with Crippen LogP contribution in [0.2, 0.25) is 0 Å². The topological polar surface area (TPSA) is 21.3 Å². The van der Waals surface area contributed by atoms with Gasteiger partial charge in [-0.2, -0.15) is 4.39 Å². The minimum Gasteiger partial charge on any atom is -0.493 e. The van der Waals surface area contributed by atoms with E-state index in [1.165, 1.54) is 7.11 Å². The van der Waals surface area contributed by atoms with Crippen molar-refractivity contribution in [2.24, 2.45) is 0 Å². The van der Waals surface area contributed by atoms with Gasteiger partial charge in [0, 0.05) is 18.0 Å². The number of halogens is 3. The van der Waals surface area contributed by atoms with Gasteiger partial charge in [0.15, 0.2) is 17.4 Å². The minimum atomic E-state index is -1.48. The third-order valence-corrected chi connectivity index (χ3v) is 3.09. The van der Waals surface area contributed by atoms with Crippen molar-refractivity contribution >= 4 is 0 Å². The van der Waals surface area contributed by atoms with Gasteiger partial charge in [0.1, 0.15) is 0 Å². The van der Waals surface area contributed by atoms with Crippen LogP contribution in [0.15, 0.2) is 6.07 Å². The van der Waals surface area contributed by atoms with Crippen LogP contribution in [0, 0.1) is 17.5 Å². The summed E-state index contributed by atoms with van der Waals surface area (Å²) in [5.41, 5.74) is 0.399. The number of benzene rings is 1. The maximum absolute atomic E-state index is 13.5. The van der Waals surface area contributed by atoms with Crippen molar-refractivity contribution in [3.63, 3.8) is 0 Å². The molecule has 0 spiro atoms. The smallest absolute Gasteiger partial charge is 0.203 e. The number of rotatable bonds is 2. The van der Waals surface area contributed by atoms with Gasteiger partial charge in [0.05, 0.1) is 7.11 Å². The van der Waals surface area contributed by atoms with Gasteiger partial charge in [-0.25, -0.2) is 8.78 Å². The molecular weight excluding hydrogens is 231 g/mol. The third-order valence-electron chi connectivity index (χ3n) is 3.09. The number of methoxy groups -OCH3 is 1. The van der Waals surface area contributed by atoms with Crippen LogP contribution in [0.25, 0.3) is 0 Å². The average molecular weight is 245 g/mol. The highest BCUT2D eigenvalue weighted by Crippen LogP contribution is 2.35. The molecule has 0 bridgehead atoms. The molecule has 1 unspecified atom stereocenters.